The predicted octanol–water partition coefficient (Wildman–Crippen LogP) is 3.27. The minimum absolute atomic E-state index is 0.0914. The van der Waals surface area contributed by atoms with E-state index in [-0.39, 0.29) is 11.9 Å². The zero-order valence-electron chi connectivity index (χ0n) is 13.8. The number of amides is 1. The summed E-state index contributed by atoms with van der Waals surface area (Å²) >= 11 is 0. The lowest BCUT2D eigenvalue weighted by molar-refractivity contribution is 0.0740. The highest BCUT2D eigenvalue weighted by atomic mass is 16.4. The maximum absolute atomic E-state index is 12.8. The lowest BCUT2D eigenvalue weighted by Crippen LogP contribution is -2.30. The maximum Gasteiger partial charge on any atom is 0.254 e. The lowest BCUT2D eigenvalue weighted by atomic mass is 10.1. The molecular weight excluding hydrogens is 304 g/mol. The number of carbonyl (C=O) groups excluding carboxylic acids is 1. The standard InChI is InChI=1S/C18H18N4O2/c1-12(16-9-4-5-10-19-16)22(3)18(23)15-8-6-7-14(11-15)17-21-20-13(2)24-17/h4-12H,1-3H3. The van der Waals surface area contributed by atoms with Crippen molar-refractivity contribution in [1.29, 1.82) is 0 Å². The zero-order chi connectivity index (χ0) is 17.1. The van der Waals surface area contributed by atoms with Crippen LogP contribution in [-0.4, -0.2) is 33.0 Å². The number of aromatic nitrogens is 3. The second-order valence-corrected chi connectivity index (χ2v) is 5.55. The van der Waals surface area contributed by atoms with Gasteiger partial charge in [0, 0.05) is 31.3 Å². The molecule has 1 atom stereocenters. The molecule has 0 aliphatic carbocycles. The fourth-order valence-corrected chi connectivity index (χ4v) is 2.40. The Labute approximate surface area is 140 Å². The first kappa shape index (κ1) is 15.9. The maximum atomic E-state index is 12.8. The Balaban J connectivity index is 1.84. The first-order chi connectivity index (χ1) is 11.6. The van der Waals surface area contributed by atoms with Crippen LogP contribution in [0.15, 0.2) is 53.1 Å². The number of hydrogen-bond acceptors (Lipinski definition) is 5. The first-order valence-electron chi connectivity index (χ1n) is 7.65. The Hall–Kier alpha value is -3.02. The molecular formula is C18H18N4O2. The van der Waals surface area contributed by atoms with Crippen molar-refractivity contribution in [2.24, 2.45) is 0 Å². The van der Waals surface area contributed by atoms with E-state index < -0.39 is 0 Å². The molecule has 2 aromatic heterocycles. The van der Waals surface area contributed by atoms with Crippen molar-refractivity contribution in [3.63, 3.8) is 0 Å². The summed E-state index contributed by atoms with van der Waals surface area (Å²) in [6.07, 6.45) is 1.72. The summed E-state index contributed by atoms with van der Waals surface area (Å²) in [5.74, 6) is 0.802. The molecule has 2 heterocycles. The average Bonchev–Trinajstić information content (AvgIpc) is 3.07. The number of aryl methyl sites for hydroxylation is 1. The molecule has 0 radical (unpaired) electrons. The zero-order valence-corrected chi connectivity index (χ0v) is 13.8. The van der Waals surface area contributed by atoms with Gasteiger partial charge in [0.2, 0.25) is 11.8 Å². The smallest absolute Gasteiger partial charge is 0.254 e. The average molecular weight is 322 g/mol. The fraction of sp³-hybridized carbons (Fsp3) is 0.222. The van der Waals surface area contributed by atoms with Crippen molar-refractivity contribution in [1.82, 2.24) is 20.1 Å². The number of hydrogen-bond donors (Lipinski definition) is 0. The van der Waals surface area contributed by atoms with Gasteiger partial charge in [-0.15, -0.1) is 10.2 Å². The van der Waals surface area contributed by atoms with E-state index in [2.05, 4.69) is 15.2 Å². The summed E-state index contributed by atoms with van der Waals surface area (Å²) in [6, 6.07) is 12.7. The van der Waals surface area contributed by atoms with Crippen LogP contribution in [0.2, 0.25) is 0 Å². The molecule has 3 aromatic rings. The highest BCUT2D eigenvalue weighted by molar-refractivity contribution is 5.95. The van der Waals surface area contributed by atoms with Crippen LogP contribution in [0.5, 0.6) is 0 Å². The fourth-order valence-electron chi connectivity index (χ4n) is 2.40. The van der Waals surface area contributed by atoms with Crippen LogP contribution >= 0.6 is 0 Å². The summed E-state index contributed by atoms with van der Waals surface area (Å²) in [7, 11) is 1.77. The molecule has 24 heavy (non-hydrogen) atoms. The van der Waals surface area contributed by atoms with Gasteiger partial charge in [-0.1, -0.05) is 12.1 Å². The van der Waals surface area contributed by atoms with E-state index in [0.717, 1.165) is 11.3 Å². The SMILES string of the molecule is Cc1nnc(-c2cccc(C(=O)N(C)C(C)c3ccccn3)c2)o1. The van der Waals surface area contributed by atoms with Crippen molar-refractivity contribution >= 4 is 5.91 Å². The summed E-state index contributed by atoms with van der Waals surface area (Å²) < 4.78 is 5.42. The third-order valence-corrected chi connectivity index (χ3v) is 3.90. The molecule has 122 valence electrons. The van der Waals surface area contributed by atoms with E-state index in [4.69, 9.17) is 4.42 Å². The molecule has 0 fully saturated rings. The van der Waals surface area contributed by atoms with Crippen LogP contribution in [0.4, 0.5) is 0 Å². The Bertz CT molecular complexity index is 845. The molecule has 6 heteroatoms. The summed E-state index contributed by atoms with van der Waals surface area (Å²) in [5.41, 5.74) is 2.13. The van der Waals surface area contributed by atoms with Crippen LogP contribution < -0.4 is 0 Å². The largest absolute Gasteiger partial charge is 0.421 e. The minimum atomic E-state index is -0.131. The highest BCUT2D eigenvalue weighted by Gasteiger charge is 2.20. The van der Waals surface area contributed by atoms with Gasteiger partial charge in [-0.3, -0.25) is 9.78 Å². The van der Waals surface area contributed by atoms with Crippen molar-refractivity contribution in [3.8, 4) is 11.5 Å². The van der Waals surface area contributed by atoms with E-state index in [9.17, 15) is 4.79 Å². The Kier molecular flexibility index (Phi) is 4.37. The third kappa shape index (κ3) is 3.17. The molecule has 1 aromatic carbocycles. The van der Waals surface area contributed by atoms with Crippen LogP contribution in [0.3, 0.4) is 0 Å². The van der Waals surface area contributed by atoms with Gasteiger partial charge in [-0.25, -0.2) is 0 Å². The van der Waals surface area contributed by atoms with Gasteiger partial charge in [-0.2, -0.15) is 0 Å². The molecule has 1 amide bonds. The predicted molar refractivity (Wildman–Crippen MR) is 89.2 cm³/mol. The van der Waals surface area contributed by atoms with E-state index in [1.165, 1.54) is 0 Å². The van der Waals surface area contributed by atoms with Crippen molar-refractivity contribution in [3.05, 3.63) is 65.8 Å². The van der Waals surface area contributed by atoms with E-state index in [1.54, 1.807) is 43.3 Å². The second-order valence-electron chi connectivity index (χ2n) is 5.55. The van der Waals surface area contributed by atoms with Crippen molar-refractivity contribution < 1.29 is 9.21 Å². The minimum Gasteiger partial charge on any atom is -0.421 e. The first-order valence-corrected chi connectivity index (χ1v) is 7.65. The topological polar surface area (TPSA) is 72.1 Å². The molecule has 3 rings (SSSR count). The Morgan fingerprint density at radius 2 is 2.00 bits per heavy atom. The highest BCUT2D eigenvalue weighted by Crippen LogP contribution is 2.22. The second kappa shape index (κ2) is 6.62. The normalized spacial score (nSPS) is 12.0. The number of pyridine rings is 1. The van der Waals surface area contributed by atoms with Gasteiger partial charge >= 0.3 is 0 Å². The molecule has 0 saturated carbocycles. The number of carbonyl (C=O) groups is 1. The number of nitrogens with zero attached hydrogens (tertiary/aromatic N) is 4. The van der Waals surface area contributed by atoms with Gasteiger partial charge in [0.15, 0.2) is 0 Å². The summed E-state index contributed by atoms with van der Waals surface area (Å²) in [6.45, 7) is 3.68. The van der Waals surface area contributed by atoms with Crippen LogP contribution in [0.1, 0.15) is 34.9 Å². The van der Waals surface area contributed by atoms with Crippen LogP contribution in [-0.2, 0) is 0 Å². The van der Waals surface area contributed by atoms with Gasteiger partial charge in [0.25, 0.3) is 5.91 Å². The van der Waals surface area contributed by atoms with Gasteiger partial charge in [-0.05, 0) is 37.3 Å². The Morgan fingerprint density at radius 1 is 1.17 bits per heavy atom. The van der Waals surface area contributed by atoms with E-state index in [0.29, 0.717) is 17.3 Å². The lowest BCUT2D eigenvalue weighted by Gasteiger charge is -2.24. The molecule has 6 nitrogen and oxygen atoms in total. The monoisotopic (exact) mass is 322 g/mol. The number of rotatable bonds is 4. The van der Waals surface area contributed by atoms with E-state index >= 15 is 0 Å². The number of benzene rings is 1. The molecule has 0 aliphatic heterocycles. The molecule has 0 bridgehead atoms. The van der Waals surface area contributed by atoms with Crippen LogP contribution in [0.25, 0.3) is 11.5 Å². The van der Waals surface area contributed by atoms with E-state index in [1.807, 2.05) is 31.2 Å². The molecule has 0 aliphatic rings. The van der Waals surface area contributed by atoms with Gasteiger partial charge in [0.05, 0.1) is 11.7 Å². The van der Waals surface area contributed by atoms with Gasteiger partial charge < -0.3 is 9.32 Å². The third-order valence-electron chi connectivity index (χ3n) is 3.90. The Morgan fingerprint density at radius 3 is 2.67 bits per heavy atom. The van der Waals surface area contributed by atoms with Crippen molar-refractivity contribution in [2.75, 3.05) is 7.05 Å². The van der Waals surface area contributed by atoms with Crippen molar-refractivity contribution in [2.45, 2.75) is 19.9 Å². The molecule has 0 spiro atoms. The molecule has 0 N–H and O–H groups in total. The quantitative estimate of drug-likeness (QED) is 0.737. The summed E-state index contributed by atoms with van der Waals surface area (Å²) in [5, 5.41) is 7.81. The molecule has 0 saturated heterocycles. The molecule has 1 unspecified atom stereocenters. The van der Waals surface area contributed by atoms with Crippen LogP contribution in [0, 0.1) is 6.92 Å². The van der Waals surface area contributed by atoms with Gasteiger partial charge in [0.1, 0.15) is 0 Å². The summed E-state index contributed by atoms with van der Waals surface area (Å²) in [4.78, 5) is 18.8.